The summed E-state index contributed by atoms with van der Waals surface area (Å²) in [6.07, 6.45) is 6.97. The van der Waals surface area contributed by atoms with Crippen LogP contribution in [0.3, 0.4) is 0 Å². The van der Waals surface area contributed by atoms with Crippen molar-refractivity contribution in [2.45, 2.75) is 44.3 Å². The van der Waals surface area contributed by atoms with E-state index in [1.54, 1.807) is 0 Å². The number of rotatable bonds is 1. The van der Waals surface area contributed by atoms with Gasteiger partial charge in [0.2, 0.25) is 0 Å². The van der Waals surface area contributed by atoms with E-state index in [-0.39, 0.29) is 12.7 Å². The third-order valence-corrected chi connectivity index (χ3v) is 2.98. The lowest BCUT2D eigenvalue weighted by atomic mass is 9.85. The molecule has 0 amide bonds. The van der Waals surface area contributed by atoms with Gasteiger partial charge < -0.3 is 9.84 Å². The Morgan fingerprint density at radius 1 is 1.27 bits per heavy atom. The first kappa shape index (κ1) is 7.56. The van der Waals surface area contributed by atoms with Crippen LogP contribution in [0, 0.1) is 5.92 Å². The first-order valence-corrected chi connectivity index (χ1v) is 4.66. The van der Waals surface area contributed by atoms with Gasteiger partial charge in [-0.1, -0.05) is 12.8 Å². The molecule has 2 rings (SSSR count). The van der Waals surface area contributed by atoms with Gasteiger partial charge in [-0.3, -0.25) is 0 Å². The largest absolute Gasteiger partial charge is 0.394 e. The lowest BCUT2D eigenvalue weighted by molar-refractivity contribution is -0.00558. The molecule has 1 aliphatic heterocycles. The monoisotopic (exact) mass is 156 g/mol. The molecule has 0 radical (unpaired) electrons. The van der Waals surface area contributed by atoms with Gasteiger partial charge in [-0.15, -0.1) is 0 Å². The predicted molar refractivity (Wildman–Crippen MR) is 42.3 cm³/mol. The lowest BCUT2D eigenvalue weighted by Gasteiger charge is -2.23. The fraction of sp³-hybridized carbons (Fsp3) is 1.00. The number of aliphatic hydroxyl groups is 1. The molecule has 3 atom stereocenters. The Hall–Kier alpha value is -0.0800. The highest BCUT2D eigenvalue weighted by Gasteiger charge is 2.35. The summed E-state index contributed by atoms with van der Waals surface area (Å²) in [5, 5.41) is 8.89. The average molecular weight is 156 g/mol. The van der Waals surface area contributed by atoms with Gasteiger partial charge in [0.1, 0.15) is 0 Å². The van der Waals surface area contributed by atoms with Crippen molar-refractivity contribution >= 4 is 0 Å². The lowest BCUT2D eigenvalue weighted by Crippen LogP contribution is -2.20. The van der Waals surface area contributed by atoms with E-state index in [1.807, 2.05) is 0 Å². The van der Waals surface area contributed by atoms with Gasteiger partial charge in [0, 0.05) is 0 Å². The Labute approximate surface area is 67.6 Å². The van der Waals surface area contributed by atoms with Crippen LogP contribution < -0.4 is 0 Å². The van der Waals surface area contributed by atoms with Crippen molar-refractivity contribution in [3.8, 4) is 0 Å². The number of ether oxygens (including phenoxy) is 1. The number of hydrogen-bond acceptors (Lipinski definition) is 2. The summed E-state index contributed by atoms with van der Waals surface area (Å²) in [5.74, 6) is 0.765. The van der Waals surface area contributed by atoms with Gasteiger partial charge in [0.15, 0.2) is 0 Å². The highest BCUT2D eigenvalue weighted by molar-refractivity contribution is 4.84. The van der Waals surface area contributed by atoms with E-state index in [9.17, 15) is 0 Å². The Bertz CT molecular complexity index is 122. The molecule has 64 valence electrons. The van der Waals surface area contributed by atoms with Crippen molar-refractivity contribution in [2.24, 2.45) is 5.92 Å². The summed E-state index contributed by atoms with van der Waals surface area (Å²) >= 11 is 0. The van der Waals surface area contributed by atoms with Crippen LogP contribution in [-0.2, 0) is 4.74 Å². The minimum atomic E-state index is 0.156. The molecule has 0 bridgehead atoms. The molecule has 0 aromatic carbocycles. The van der Waals surface area contributed by atoms with E-state index in [0.717, 1.165) is 12.3 Å². The van der Waals surface area contributed by atoms with Crippen LogP contribution >= 0.6 is 0 Å². The molecule has 2 heteroatoms. The van der Waals surface area contributed by atoms with E-state index in [2.05, 4.69) is 0 Å². The van der Waals surface area contributed by atoms with Gasteiger partial charge in [-0.2, -0.15) is 0 Å². The Balaban J connectivity index is 1.92. The van der Waals surface area contributed by atoms with Gasteiger partial charge in [-0.25, -0.2) is 0 Å². The van der Waals surface area contributed by atoms with E-state index >= 15 is 0 Å². The van der Waals surface area contributed by atoms with E-state index in [4.69, 9.17) is 9.84 Å². The molecule has 0 unspecified atom stereocenters. The SMILES string of the molecule is OC[C@H]1C[C@@H]2CCCC[C@@H]2O1. The van der Waals surface area contributed by atoms with Gasteiger partial charge in [0.05, 0.1) is 18.8 Å². The zero-order chi connectivity index (χ0) is 7.68. The maximum atomic E-state index is 8.89. The van der Waals surface area contributed by atoms with Crippen molar-refractivity contribution < 1.29 is 9.84 Å². The molecule has 1 N–H and O–H groups in total. The normalized spacial score (nSPS) is 43.9. The molecule has 1 heterocycles. The molecule has 0 spiro atoms. The minimum Gasteiger partial charge on any atom is -0.394 e. The van der Waals surface area contributed by atoms with Crippen LogP contribution in [0.25, 0.3) is 0 Å². The summed E-state index contributed by atoms with van der Waals surface area (Å²) in [7, 11) is 0. The number of hydrogen-bond donors (Lipinski definition) is 1. The fourth-order valence-corrected chi connectivity index (χ4v) is 2.38. The number of fused-ring (bicyclic) bond motifs is 1. The highest BCUT2D eigenvalue weighted by Crippen LogP contribution is 2.36. The van der Waals surface area contributed by atoms with Crippen LogP contribution in [0.15, 0.2) is 0 Å². The molecule has 0 aromatic heterocycles. The Morgan fingerprint density at radius 3 is 2.82 bits per heavy atom. The van der Waals surface area contributed by atoms with Crippen molar-refractivity contribution in [1.82, 2.24) is 0 Å². The van der Waals surface area contributed by atoms with Gasteiger partial charge >= 0.3 is 0 Å². The molecule has 2 nitrogen and oxygen atoms in total. The zero-order valence-corrected chi connectivity index (χ0v) is 6.83. The van der Waals surface area contributed by atoms with Crippen molar-refractivity contribution in [1.29, 1.82) is 0 Å². The van der Waals surface area contributed by atoms with Gasteiger partial charge in [-0.05, 0) is 25.2 Å². The van der Waals surface area contributed by atoms with Crippen molar-refractivity contribution in [3.05, 3.63) is 0 Å². The second kappa shape index (κ2) is 3.11. The van der Waals surface area contributed by atoms with E-state index in [1.165, 1.54) is 25.7 Å². The molecule has 1 saturated heterocycles. The smallest absolute Gasteiger partial charge is 0.0813 e. The number of aliphatic hydroxyl groups excluding tert-OH is 1. The Morgan fingerprint density at radius 2 is 2.09 bits per heavy atom. The first-order valence-electron chi connectivity index (χ1n) is 4.66. The topological polar surface area (TPSA) is 29.5 Å². The Kier molecular flexibility index (Phi) is 2.14. The maximum Gasteiger partial charge on any atom is 0.0813 e. The average Bonchev–Trinajstić information content (AvgIpc) is 2.46. The standard InChI is InChI=1S/C9H16O2/c10-6-8-5-7-3-1-2-4-9(7)11-8/h7-10H,1-6H2/t7-,8+,9-/m0/s1. The van der Waals surface area contributed by atoms with Gasteiger partial charge in [0.25, 0.3) is 0 Å². The molecular formula is C9H16O2. The predicted octanol–water partition coefficient (Wildman–Crippen LogP) is 1.33. The third-order valence-electron chi connectivity index (χ3n) is 2.98. The second-order valence-corrected chi connectivity index (χ2v) is 3.76. The molecular weight excluding hydrogens is 140 g/mol. The minimum absolute atomic E-state index is 0.156. The van der Waals surface area contributed by atoms with Crippen LogP contribution in [0.1, 0.15) is 32.1 Å². The van der Waals surface area contributed by atoms with Crippen molar-refractivity contribution in [3.63, 3.8) is 0 Å². The fourth-order valence-electron chi connectivity index (χ4n) is 2.38. The van der Waals surface area contributed by atoms with E-state index < -0.39 is 0 Å². The van der Waals surface area contributed by atoms with Crippen LogP contribution in [0.4, 0.5) is 0 Å². The summed E-state index contributed by atoms with van der Waals surface area (Å²) < 4.78 is 5.66. The third kappa shape index (κ3) is 1.42. The maximum absolute atomic E-state index is 8.89. The summed E-state index contributed by atoms with van der Waals surface area (Å²) in [4.78, 5) is 0. The van der Waals surface area contributed by atoms with Crippen LogP contribution in [0.2, 0.25) is 0 Å². The molecule has 1 aliphatic carbocycles. The highest BCUT2D eigenvalue weighted by atomic mass is 16.5. The molecule has 2 fully saturated rings. The molecule has 1 saturated carbocycles. The molecule has 11 heavy (non-hydrogen) atoms. The first-order chi connectivity index (χ1) is 5.40. The molecule has 0 aromatic rings. The molecule has 2 aliphatic rings. The van der Waals surface area contributed by atoms with Crippen LogP contribution in [-0.4, -0.2) is 23.9 Å². The second-order valence-electron chi connectivity index (χ2n) is 3.76. The zero-order valence-electron chi connectivity index (χ0n) is 6.83. The summed E-state index contributed by atoms with van der Waals surface area (Å²) in [6, 6.07) is 0. The summed E-state index contributed by atoms with van der Waals surface area (Å²) in [5.41, 5.74) is 0. The van der Waals surface area contributed by atoms with E-state index in [0.29, 0.717) is 6.10 Å². The summed E-state index contributed by atoms with van der Waals surface area (Å²) in [6.45, 7) is 0.215. The quantitative estimate of drug-likeness (QED) is 0.620. The van der Waals surface area contributed by atoms with Crippen molar-refractivity contribution in [2.75, 3.05) is 6.61 Å². The van der Waals surface area contributed by atoms with Crippen LogP contribution in [0.5, 0.6) is 0 Å².